The van der Waals surface area contributed by atoms with Crippen molar-refractivity contribution in [2.24, 2.45) is 0 Å². The first-order valence-electron chi connectivity index (χ1n) is 8.87. The van der Waals surface area contributed by atoms with E-state index in [2.05, 4.69) is 48.5 Å². The van der Waals surface area contributed by atoms with Gasteiger partial charge in [-0.1, -0.05) is 60.7 Å². The summed E-state index contributed by atoms with van der Waals surface area (Å²) in [5.74, 6) is 0.255. The lowest BCUT2D eigenvalue weighted by Gasteiger charge is -2.09. The largest absolute Gasteiger partial charge is 0.346 e. The van der Waals surface area contributed by atoms with E-state index in [-0.39, 0.29) is 11.8 Å². The van der Waals surface area contributed by atoms with Crippen LogP contribution >= 0.6 is 0 Å². The summed E-state index contributed by atoms with van der Waals surface area (Å²) in [5, 5.41) is 0. The lowest BCUT2D eigenvalue weighted by molar-refractivity contribution is -0.128. The fraction of sp³-hybridized carbons (Fsp3) is 0.364. The second kappa shape index (κ2) is 13.6. The summed E-state index contributed by atoms with van der Waals surface area (Å²) in [7, 11) is 3.56. The molecular formula is C22H32N2O2. The van der Waals surface area contributed by atoms with E-state index in [1.165, 1.54) is 11.1 Å². The van der Waals surface area contributed by atoms with Crippen molar-refractivity contribution in [3.8, 4) is 11.1 Å². The lowest BCUT2D eigenvalue weighted by Crippen LogP contribution is -2.22. The number of nitrogens with zero attached hydrogens (tertiary/aromatic N) is 2. The van der Waals surface area contributed by atoms with Gasteiger partial charge in [-0.3, -0.25) is 9.59 Å². The SMILES string of the molecule is CCN(C)C(C)=O.CCN(C)C(C)=O.c1ccc(-c2ccccc2)cc1. The third-order valence-corrected chi connectivity index (χ3v) is 3.90. The first kappa shape index (κ1) is 23.4. The molecule has 142 valence electrons. The summed E-state index contributed by atoms with van der Waals surface area (Å²) in [6, 6.07) is 20.8. The Morgan fingerprint density at radius 3 is 1.08 bits per heavy atom. The van der Waals surface area contributed by atoms with Crippen LogP contribution in [0, 0.1) is 0 Å². The third-order valence-electron chi connectivity index (χ3n) is 3.90. The number of carbonyl (C=O) groups is 2. The Hall–Kier alpha value is -2.62. The van der Waals surface area contributed by atoms with Gasteiger partial charge in [-0.25, -0.2) is 0 Å². The van der Waals surface area contributed by atoms with Gasteiger partial charge in [0.2, 0.25) is 11.8 Å². The van der Waals surface area contributed by atoms with Crippen molar-refractivity contribution in [3.63, 3.8) is 0 Å². The summed E-state index contributed by atoms with van der Waals surface area (Å²) in [5.41, 5.74) is 2.55. The molecular weight excluding hydrogens is 324 g/mol. The maximum atomic E-state index is 10.3. The normalized spacial score (nSPS) is 9.00. The number of hydrogen-bond acceptors (Lipinski definition) is 2. The van der Waals surface area contributed by atoms with Crippen LogP contribution in [0.1, 0.15) is 27.7 Å². The highest BCUT2D eigenvalue weighted by Crippen LogP contribution is 2.17. The zero-order valence-corrected chi connectivity index (χ0v) is 16.9. The Balaban J connectivity index is 0.000000390. The van der Waals surface area contributed by atoms with E-state index in [9.17, 15) is 9.59 Å². The van der Waals surface area contributed by atoms with Gasteiger partial charge in [0, 0.05) is 41.0 Å². The topological polar surface area (TPSA) is 40.6 Å². The number of amides is 2. The molecule has 0 aromatic heterocycles. The van der Waals surface area contributed by atoms with E-state index < -0.39 is 0 Å². The number of benzene rings is 2. The molecule has 0 aliphatic rings. The summed E-state index contributed by atoms with van der Waals surface area (Å²) in [6.07, 6.45) is 0. The minimum atomic E-state index is 0.127. The molecule has 4 heteroatoms. The van der Waals surface area contributed by atoms with Crippen molar-refractivity contribution in [1.82, 2.24) is 9.80 Å². The lowest BCUT2D eigenvalue weighted by atomic mass is 10.1. The van der Waals surface area contributed by atoms with E-state index in [0.29, 0.717) is 0 Å². The van der Waals surface area contributed by atoms with Crippen molar-refractivity contribution >= 4 is 11.8 Å². The molecule has 2 aromatic rings. The molecule has 4 nitrogen and oxygen atoms in total. The Bertz CT molecular complexity index is 570. The Morgan fingerprint density at radius 1 is 0.654 bits per heavy atom. The van der Waals surface area contributed by atoms with E-state index in [1.54, 1.807) is 37.7 Å². The zero-order valence-electron chi connectivity index (χ0n) is 16.9. The quantitative estimate of drug-likeness (QED) is 0.821. The number of carbonyl (C=O) groups excluding carboxylic acids is 2. The predicted octanol–water partition coefficient (Wildman–Crippen LogP) is 4.32. The predicted molar refractivity (Wildman–Crippen MR) is 110 cm³/mol. The van der Waals surface area contributed by atoms with Crippen molar-refractivity contribution in [3.05, 3.63) is 60.7 Å². The van der Waals surface area contributed by atoms with Crippen LogP contribution in [0.2, 0.25) is 0 Å². The number of rotatable bonds is 3. The van der Waals surface area contributed by atoms with Gasteiger partial charge >= 0.3 is 0 Å². The standard InChI is InChI=1S/C12H10.2C5H11NO/c1-3-7-11(8-4-1)12-9-5-2-6-10-12;2*1-4-6(3)5(2)7/h1-10H;2*4H2,1-3H3. The van der Waals surface area contributed by atoms with Gasteiger partial charge in [-0.05, 0) is 25.0 Å². The highest BCUT2D eigenvalue weighted by molar-refractivity contribution is 5.73. The van der Waals surface area contributed by atoms with Gasteiger partial charge in [0.1, 0.15) is 0 Å². The van der Waals surface area contributed by atoms with E-state index in [4.69, 9.17) is 0 Å². The number of hydrogen-bond donors (Lipinski definition) is 0. The van der Waals surface area contributed by atoms with Crippen LogP contribution in [0.3, 0.4) is 0 Å². The van der Waals surface area contributed by atoms with Crippen molar-refractivity contribution < 1.29 is 9.59 Å². The molecule has 2 rings (SSSR count). The first-order chi connectivity index (χ1) is 12.3. The molecule has 0 N–H and O–H groups in total. The average Bonchev–Trinajstić information content (AvgIpc) is 2.68. The van der Waals surface area contributed by atoms with Crippen LogP contribution < -0.4 is 0 Å². The summed E-state index contributed by atoms with van der Waals surface area (Å²) < 4.78 is 0. The second-order valence-electron chi connectivity index (χ2n) is 5.80. The molecule has 0 fully saturated rings. The molecule has 0 heterocycles. The van der Waals surface area contributed by atoms with E-state index in [0.717, 1.165) is 13.1 Å². The van der Waals surface area contributed by atoms with Crippen LogP contribution in [0.25, 0.3) is 11.1 Å². The Morgan fingerprint density at radius 2 is 0.923 bits per heavy atom. The van der Waals surface area contributed by atoms with Gasteiger partial charge < -0.3 is 9.80 Å². The maximum Gasteiger partial charge on any atom is 0.219 e. The second-order valence-corrected chi connectivity index (χ2v) is 5.80. The molecule has 0 atom stereocenters. The van der Waals surface area contributed by atoms with Crippen LogP contribution in [-0.2, 0) is 9.59 Å². The highest BCUT2D eigenvalue weighted by atomic mass is 16.2. The van der Waals surface area contributed by atoms with Gasteiger partial charge in [0.15, 0.2) is 0 Å². The molecule has 2 amide bonds. The molecule has 0 spiro atoms. The van der Waals surface area contributed by atoms with Crippen molar-refractivity contribution in [1.29, 1.82) is 0 Å². The van der Waals surface area contributed by atoms with Gasteiger partial charge in [0.05, 0.1) is 0 Å². The van der Waals surface area contributed by atoms with Crippen molar-refractivity contribution in [2.75, 3.05) is 27.2 Å². The van der Waals surface area contributed by atoms with Crippen LogP contribution in [0.5, 0.6) is 0 Å². The van der Waals surface area contributed by atoms with Crippen LogP contribution in [0.15, 0.2) is 60.7 Å². The van der Waals surface area contributed by atoms with Gasteiger partial charge in [-0.2, -0.15) is 0 Å². The average molecular weight is 357 g/mol. The minimum absolute atomic E-state index is 0.127. The Labute approximate surface area is 158 Å². The molecule has 0 unspecified atom stereocenters. The first-order valence-corrected chi connectivity index (χ1v) is 8.87. The molecule has 0 aliphatic heterocycles. The van der Waals surface area contributed by atoms with E-state index >= 15 is 0 Å². The summed E-state index contributed by atoms with van der Waals surface area (Å²) >= 11 is 0. The molecule has 0 bridgehead atoms. The summed E-state index contributed by atoms with van der Waals surface area (Å²) in [4.78, 5) is 23.9. The van der Waals surface area contributed by atoms with Crippen LogP contribution in [-0.4, -0.2) is 48.8 Å². The Kier molecular flexibility index (Phi) is 12.3. The third kappa shape index (κ3) is 10.3. The smallest absolute Gasteiger partial charge is 0.219 e. The molecule has 0 saturated heterocycles. The highest BCUT2D eigenvalue weighted by Gasteiger charge is 1.94. The van der Waals surface area contributed by atoms with Crippen molar-refractivity contribution in [2.45, 2.75) is 27.7 Å². The summed E-state index contributed by atoms with van der Waals surface area (Å²) in [6.45, 7) is 8.61. The minimum Gasteiger partial charge on any atom is -0.346 e. The van der Waals surface area contributed by atoms with Crippen LogP contribution in [0.4, 0.5) is 0 Å². The molecule has 0 radical (unpaired) electrons. The van der Waals surface area contributed by atoms with E-state index in [1.807, 2.05) is 26.0 Å². The van der Waals surface area contributed by atoms with Gasteiger partial charge in [-0.15, -0.1) is 0 Å². The fourth-order valence-corrected chi connectivity index (χ4v) is 1.71. The molecule has 2 aromatic carbocycles. The maximum absolute atomic E-state index is 10.3. The zero-order chi connectivity index (χ0) is 19.9. The molecule has 0 saturated carbocycles. The molecule has 26 heavy (non-hydrogen) atoms. The fourth-order valence-electron chi connectivity index (χ4n) is 1.71. The monoisotopic (exact) mass is 356 g/mol. The molecule has 0 aliphatic carbocycles. The van der Waals surface area contributed by atoms with Gasteiger partial charge in [0.25, 0.3) is 0 Å².